The molecule has 1 unspecified atom stereocenters. The molecule has 1 aromatic rings. The molecule has 0 radical (unpaired) electrons. The Hall–Kier alpha value is -0.870. The lowest BCUT2D eigenvalue weighted by molar-refractivity contribution is 0.0127. The molecule has 3 nitrogen and oxygen atoms in total. The molecule has 2 aliphatic rings. The van der Waals surface area contributed by atoms with Crippen LogP contribution >= 0.6 is 15.9 Å². The minimum absolute atomic E-state index is 0.231. The van der Waals surface area contributed by atoms with Crippen molar-refractivity contribution >= 4 is 20.6 Å². The molecule has 0 amide bonds. The maximum atomic E-state index is 5.53. The van der Waals surface area contributed by atoms with E-state index < -0.39 is 0 Å². The van der Waals surface area contributed by atoms with Crippen molar-refractivity contribution in [3.05, 3.63) is 35.4 Å². The highest BCUT2D eigenvalue weighted by Crippen LogP contribution is 2.30. The normalized spacial score (nSPS) is 23.7. The molecular formula is C19H27BrN2O. The fourth-order valence-electron chi connectivity index (χ4n) is 3.47. The summed E-state index contributed by atoms with van der Waals surface area (Å²) in [4.78, 5) is 8.09. The Morgan fingerprint density at radius 2 is 1.83 bits per heavy atom. The monoisotopic (exact) mass is 378 g/mol. The molecule has 2 heterocycles. The molecule has 0 aliphatic carbocycles. The van der Waals surface area contributed by atoms with Gasteiger partial charge in [-0.2, -0.15) is 0 Å². The van der Waals surface area contributed by atoms with Gasteiger partial charge >= 0.3 is 0 Å². The number of rotatable bonds is 3. The molecular weight excluding hydrogens is 352 g/mol. The molecule has 3 rings (SSSR count). The Labute approximate surface area is 148 Å². The molecule has 1 fully saturated rings. The zero-order valence-corrected chi connectivity index (χ0v) is 16.0. The highest BCUT2D eigenvalue weighted by Gasteiger charge is 2.31. The summed E-state index contributed by atoms with van der Waals surface area (Å²) in [5, 5.41) is 4.03. The summed E-state index contributed by atoms with van der Waals surface area (Å²) in [5.41, 5.74) is 3.05. The Kier molecular flexibility index (Phi) is 5.12. The van der Waals surface area contributed by atoms with E-state index in [0.717, 1.165) is 30.7 Å². The van der Waals surface area contributed by atoms with E-state index in [0.29, 0.717) is 5.92 Å². The quantitative estimate of drug-likeness (QED) is 0.761. The van der Waals surface area contributed by atoms with Crippen LogP contribution in [0.25, 0.3) is 0 Å². The lowest BCUT2D eigenvalue weighted by Gasteiger charge is -2.33. The van der Waals surface area contributed by atoms with Crippen LogP contribution in [-0.4, -0.2) is 28.7 Å². The van der Waals surface area contributed by atoms with E-state index in [1.807, 2.05) is 0 Å². The van der Waals surface area contributed by atoms with E-state index in [4.69, 9.17) is 4.84 Å². The first-order valence-corrected chi connectivity index (χ1v) is 9.41. The second-order valence-corrected chi connectivity index (χ2v) is 8.79. The largest absolute Gasteiger partial charge is 0.391 e. The van der Waals surface area contributed by atoms with Crippen LogP contribution in [0.1, 0.15) is 51.2 Å². The molecule has 1 atom stereocenters. The molecule has 2 aliphatic heterocycles. The Bertz CT molecular complexity index is 554. The lowest BCUT2D eigenvalue weighted by atomic mass is 9.86. The van der Waals surface area contributed by atoms with Gasteiger partial charge in [-0.1, -0.05) is 50.2 Å². The van der Waals surface area contributed by atoms with Gasteiger partial charge in [0.1, 0.15) is 10.7 Å². The van der Waals surface area contributed by atoms with Gasteiger partial charge in [0.2, 0.25) is 0 Å². The average Bonchev–Trinajstić information content (AvgIpc) is 2.94. The van der Waals surface area contributed by atoms with Crippen LogP contribution in [0.4, 0.5) is 0 Å². The van der Waals surface area contributed by atoms with Gasteiger partial charge in [0.15, 0.2) is 0 Å². The van der Waals surface area contributed by atoms with Crippen molar-refractivity contribution in [1.82, 2.24) is 4.90 Å². The van der Waals surface area contributed by atoms with Crippen molar-refractivity contribution in [3.8, 4) is 0 Å². The summed E-state index contributed by atoms with van der Waals surface area (Å²) in [5.74, 6) is 0.647. The van der Waals surface area contributed by atoms with Crippen molar-refractivity contribution in [3.63, 3.8) is 0 Å². The van der Waals surface area contributed by atoms with E-state index in [9.17, 15) is 0 Å². The maximum Gasteiger partial charge on any atom is 0.136 e. The third-order valence-corrected chi connectivity index (χ3v) is 5.51. The van der Waals surface area contributed by atoms with Crippen LogP contribution in [-0.2, 0) is 16.8 Å². The van der Waals surface area contributed by atoms with Crippen LogP contribution in [0.15, 0.2) is 29.4 Å². The van der Waals surface area contributed by atoms with Crippen LogP contribution in [0, 0.1) is 5.92 Å². The van der Waals surface area contributed by atoms with Gasteiger partial charge < -0.3 is 4.84 Å². The second-order valence-electron chi connectivity index (χ2n) is 7.88. The van der Waals surface area contributed by atoms with Crippen LogP contribution in [0.3, 0.4) is 0 Å². The third-order valence-electron chi connectivity index (χ3n) is 5.04. The SMILES string of the molecule is CC(C)(C)c1ccc(CN2CCC(C3CC(Br)=NO3)CC2)cc1. The first-order valence-electron chi connectivity index (χ1n) is 8.62. The number of hydrogen-bond donors (Lipinski definition) is 0. The van der Waals surface area contributed by atoms with E-state index in [1.165, 1.54) is 24.0 Å². The first kappa shape index (κ1) is 17.0. The van der Waals surface area contributed by atoms with Gasteiger partial charge in [0.05, 0.1) is 0 Å². The molecule has 0 aromatic heterocycles. The maximum absolute atomic E-state index is 5.53. The predicted octanol–water partition coefficient (Wildman–Crippen LogP) is 4.69. The Balaban J connectivity index is 1.49. The standard InChI is InChI=1S/C19H27BrN2O/c1-19(2,3)16-6-4-14(5-7-16)13-22-10-8-15(9-11-22)17-12-18(20)21-23-17/h4-7,15,17H,8-13H2,1-3H3. The highest BCUT2D eigenvalue weighted by molar-refractivity contribution is 9.18. The summed E-state index contributed by atoms with van der Waals surface area (Å²) in [6.45, 7) is 10.2. The van der Waals surface area contributed by atoms with Gasteiger partial charge in [0.25, 0.3) is 0 Å². The van der Waals surface area contributed by atoms with E-state index in [-0.39, 0.29) is 11.5 Å². The van der Waals surface area contributed by atoms with Crippen molar-refractivity contribution in [2.75, 3.05) is 13.1 Å². The number of likely N-dealkylation sites (tertiary alicyclic amines) is 1. The van der Waals surface area contributed by atoms with Crippen LogP contribution in [0.2, 0.25) is 0 Å². The van der Waals surface area contributed by atoms with Crippen molar-refractivity contribution in [2.45, 2.75) is 58.1 Å². The van der Waals surface area contributed by atoms with Gasteiger partial charge in [-0.05, 0) is 58.4 Å². The van der Waals surface area contributed by atoms with Crippen LogP contribution < -0.4 is 0 Å². The fourth-order valence-corrected chi connectivity index (χ4v) is 3.87. The zero-order chi connectivity index (χ0) is 16.4. The molecule has 0 N–H and O–H groups in total. The summed E-state index contributed by atoms with van der Waals surface area (Å²) in [6, 6.07) is 9.14. The van der Waals surface area contributed by atoms with E-state index in [2.05, 4.69) is 71.0 Å². The number of benzene rings is 1. The van der Waals surface area contributed by atoms with Gasteiger partial charge in [-0.15, -0.1) is 0 Å². The smallest absolute Gasteiger partial charge is 0.136 e. The first-order chi connectivity index (χ1) is 10.9. The average molecular weight is 379 g/mol. The zero-order valence-electron chi connectivity index (χ0n) is 14.4. The molecule has 0 saturated carbocycles. The summed E-state index contributed by atoms with van der Waals surface area (Å²) >= 11 is 3.44. The number of nitrogens with zero attached hydrogens (tertiary/aromatic N) is 2. The molecule has 1 saturated heterocycles. The van der Waals surface area contributed by atoms with E-state index >= 15 is 0 Å². The van der Waals surface area contributed by atoms with Crippen molar-refractivity contribution in [1.29, 1.82) is 0 Å². The van der Waals surface area contributed by atoms with E-state index in [1.54, 1.807) is 0 Å². The van der Waals surface area contributed by atoms with Crippen LogP contribution in [0.5, 0.6) is 0 Å². The molecule has 1 aromatic carbocycles. The molecule has 0 spiro atoms. The Morgan fingerprint density at radius 3 is 2.35 bits per heavy atom. The fraction of sp³-hybridized carbons (Fsp3) is 0.632. The molecule has 4 heteroatoms. The number of halogens is 1. The lowest BCUT2D eigenvalue weighted by Crippen LogP contribution is -2.37. The second kappa shape index (κ2) is 6.94. The number of hydrogen-bond acceptors (Lipinski definition) is 3. The highest BCUT2D eigenvalue weighted by atomic mass is 79.9. The third kappa shape index (κ3) is 4.36. The predicted molar refractivity (Wildman–Crippen MR) is 99.0 cm³/mol. The van der Waals surface area contributed by atoms with Gasteiger partial charge in [0, 0.05) is 18.9 Å². The Morgan fingerprint density at radius 1 is 1.17 bits per heavy atom. The van der Waals surface area contributed by atoms with Crippen molar-refractivity contribution < 1.29 is 4.84 Å². The number of piperidine rings is 1. The number of oxime groups is 1. The topological polar surface area (TPSA) is 24.8 Å². The van der Waals surface area contributed by atoms with Gasteiger partial charge in [-0.3, -0.25) is 4.90 Å². The van der Waals surface area contributed by atoms with Crippen molar-refractivity contribution in [2.24, 2.45) is 11.1 Å². The van der Waals surface area contributed by atoms with Gasteiger partial charge in [-0.25, -0.2) is 0 Å². The minimum atomic E-state index is 0.231. The molecule has 23 heavy (non-hydrogen) atoms. The summed E-state index contributed by atoms with van der Waals surface area (Å²) < 4.78 is 0.962. The summed E-state index contributed by atoms with van der Waals surface area (Å²) in [7, 11) is 0. The molecule has 126 valence electrons. The summed E-state index contributed by atoms with van der Waals surface area (Å²) in [6.07, 6.45) is 3.65. The molecule has 0 bridgehead atoms. The minimum Gasteiger partial charge on any atom is -0.391 e.